The maximum Gasteiger partial charge on any atom is 0.510 e. The average Bonchev–Trinajstić information content (AvgIpc) is 2.25. The van der Waals surface area contributed by atoms with Crippen LogP contribution in [0.25, 0.3) is 0 Å². The van der Waals surface area contributed by atoms with E-state index in [1.165, 1.54) is 0 Å². The van der Waals surface area contributed by atoms with E-state index in [0.29, 0.717) is 0 Å². The van der Waals surface area contributed by atoms with E-state index in [1.54, 1.807) is 0 Å². The van der Waals surface area contributed by atoms with Gasteiger partial charge in [0.25, 0.3) is 5.78 Å². The van der Waals surface area contributed by atoms with E-state index < -0.39 is 36.3 Å². The Morgan fingerprint density at radius 3 is 1.90 bits per heavy atom. The molecule has 0 unspecified atom stereocenters. The Bertz CT molecular complexity index is 372. The second-order valence-corrected chi connectivity index (χ2v) is 3.69. The fourth-order valence-corrected chi connectivity index (χ4v) is 1.18. The highest BCUT2D eigenvalue weighted by Crippen LogP contribution is 2.19. The van der Waals surface area contributed by atoms with Crippen LogP contribution in [0, 0.1) is 0 Å². The first kappa shape index (κ1) is 18.0. The molecule has 0 saturated carbocycles. The molecular formula is C9H14O11. The van der Waals surface area contributed by atoms with Crippen LogP contribution in [0.4, 0.5) is 9.59 Å². The van der Waals surface area contributed by atoms with Crippen LogP contribution >= 0.6 is 0 Å². The molecule has 0 saturated heterocycles. The number of unbranched alkanes of at least 4 members (excludes halogenated alkanes) is 1. The van der Waals surface area contributed by atoms with Gasteiger partial charge < -0.3 is 40.1 Å². The molecule has 0 spiro atoms. The lowest BCUT2D eigenvalue weighted by Gasteiger charge is -2.26. The molecule has 0 atom stereocenters. The van der Waals surface area contributed by atoms with Crippen LogP contribution in [0.5, 0.6) is 0 Å². The molecule has 11 nitrogen and oxygen atoms in total. The Hall–Kier alpha value is -1.95. The van der Waals surface area contributed by atoms with Gasteiger partial charge in [-0.3, -0.25) is 4.79 Å². The van der Waals surface area contributed by atoms with Gasteiger partial charge in [0, 0.05) is 6.42 Å². The second kappa shape index (κ2) is 7.00. The Morgan fingerprint density at radius 1 is 0.900 bits per heavy atom. The lowest BCUT2D eigenvalue weighted by molar-refractivity contribution is -0.310. The molecular weight excluding hydrogens is 284 g/mol. The molecule has 0 radical (unpaired) electrons. The van der Waals surface area contributed by atoms with Crippen LogP contribution in [-0.2, 0) is 14.3 Å². The second-order valence-electron chi connectivity index (χ2n) is 3.69. The van der Waals surface area contributed by atoms with Crippen molar-refractivity contribution < 1.29 is 54.5 Å². The van der Waals surface area contributed by atoms with Crippen molar-refractivity contribution in [3.05, 3.63) is 0 Å². The van der Waals surface area contributed by atoms with Crippen LogP contribution in [-0.4, -0.2) is 67.1 Å². The van der Waals surface area contributed by atoms with Crippen molar-refractivity contribution in [2.24, 2.45) is 0 Å². The van der Waals surface area contributed by atoms with Gasteiger partial charge in [0.05, 0.1) is 6.61 Å². The van der Waals surface area contributed by atoms with Crippen molar-refractivity contribution in [1.29, 1.82) is 0 Å². The SMILES string of the molecule is O=C(O)OCCCCC(O)(O)C(=O)C(O)(O)OC(=O)O. The van der Waals surface area contributed by atoms with Gasteiger partial charge in [-0.1, -0.05) is 0 Å². The zero-order valence-corrected chi connectivity index (χ0v) is 10.1. The number of Topliss-reactive ketones (excluding diaryl/α,β-unsaturated/α-hetero) is 1. The Kier molecular flexibility index (Phi) is 6.32. The number of carbonyl (C=O) groups is 3. The third kappa shape index (κ3) is 6.29. The summed E-state index contributed by atoms with van der Waals surface area (Å²) in [4.78, 5) is 31.3. The minimum atomic E-state index is -3.91. The molecule has 20 heavy (non-hydrogen) atoms. The van der Waals surface area contributed by atoms with Crippen LogP contribution < -0.4 is 0 Å². The number of carbonyl (C=O) groups excluding carboxylic acids is 1. The van der Waals surface area contributed by atoms with Gasteiger partial charge in [0.2, 0.25) is 5.79 Å². The Balaban J connectivity index is 4.37. The van der Waals surface area contributed by atoms with Crippen LogP contribution in [0.1, 0.15) is 19.3 Å². The summed E-state index contributed by atoms with van der Waals surface area (Å²) >= 11 is 0. The van der Waals surface area contributed by atoms with Gasteiger partial charge in [0.15, 0.2) is 0 Å². The van der Waals surface area contributed by atoms with Crippen LogP contribution in [0.15, 0.2) is 0 Å². The van der Waals surface area contributed by atoms with Gasteiger partial charge in [0.1, 0.15) is 0 Å². The maximum atomic E-state index is 11.3. The average molecular weight is 298 g/mol. The Labute approximate surface area is 111 Å². The molecule has 0 heterocycles. The summed E-state index contributed by atoms with van der Waals surface area (Å²) in [5.74, 6) is -9.26. The first-order valence-electron chi connectivity index (χ1n) is 5.21. The zero-order valence-electron chi connectivity index (χ0n) is 10.1. The van der Waals surface area contributed by atoms with Crippen molar-refractivity contribution in [2.45, 2.75) is 31.0 Å². The number of rotatable bonds is 8. The number of hydrogen-bond acceptors (Lipinski definition) is 9. The fraction of sp³-hybridized carbons (Fsp3) is 0.667. The van der Waals surface area contributed by atoms with E-state index in [-0.39, 0.29) is 19.4 Å². The largest absolute Gasteiger partial charge is 0.510 e. The summed E-state index contributed by atoms with van der Waals surface area (Å²) in [5.41, 5.74) is 0. The molecule has 0 aromatic carbocycles. The molecule has 0 aliphatic heterocycles. The third-order valence-corrected chi connectivity index (χ3v) is 2.03. The minimum absolute atomic E-state index is 0.0199. The van der Waals surface area contributed by atoms with Crippen molar-refractivity contribution >= 4 is 18.1 Å². The molecule has 6 N–H and O–H groups in total. The first-order chi connectivity index (χ1) is 8.99. The maximum absolute atomic E-state index is 11.3. The molecule has 0 fully saturated rings. The van der Waals surface area contributed by atoms with Crippen molar-refractivity contribution in [3.63, 3.8) is 0 Å². The first-order valence-corrected chi connectivity index (χ1v) is 5.21. The quantitative estimate of drug-likeness (QED) is 0.172. The molecule has 0 aliphatic carbocycles. The smallest absolute Gasteiger partial charge is 0.450 e. The molecule has 0 rings (SSSR count). The van der Waals surface area contributed by atoms with Gasteiger partial charge in [-0.15, -0.1) is 0 Å². The molecule has 0 aliphatic rings. The van der Waals surface area contributed by atoms with Gasteiger partial charge in [-0.25, -0.2) is 9.59 Å². The van der Waals surface area contributed by atoms with Crippen molar-refractivity contribution in [2.75, 3.05) is 6.61 Å². The highest BCUT2D eigenvalue weighted by atomic mass is 16.8. The monoisotopic (exact) mass is 298 g/mol. The number of ketones is 1. The van der Waals surface area contributed by atoms with Gasteiger partial charge in [-0.05, 0) is 12.8 Å². The van der Waals surface area contributed by atoms with E-state index in [1.807, 2.05) is 0 Å². The summed E-state index contributed by atoms with van der Waals surface area (Å²) in [6.07, 6.45) is -4.57. The topological polar surface area (TPSA) is 191 Å². The normalized spacial score (nSPS) is 11.8. The number of ether oxygens (including phenoxy) is 2. The summed E-state index contributed by atoms with van der Waals surface area (Å²) < 4.78 is 7.50. The standard InChI is InChI=1S/C9H14O11/c10-5(9(17,18)20-7(13)14)8(15,16)3-1-2-4-19-6(11)12/h15-18H,1-4H2,(H,11,12)(H,13,14). The van der Waals surface area contributed by atoms with E-state index >= 15 is 0 Å². The van der Waals surface area contributed by atoms with Crippen molar-refractivity contribution in [3.8, 4) is 0 Å². The van der Waals surface area contributed by atoms with E-state index in [0.717, 1.165) is 0 Å². The zero-order chi connectivity index (χ0) is 16.0. The van der Waals surface area contributed by atoms with Crippen molar-refractivity contribution in [1.82, 2.24) is 0 Å². The predicted molar refractivity (Wildman–Crippen MR) is 56.3 cm³/mol. The fourth-order valence-electron chi connectivity index (χ4n) is 1.18. The Morgan fingerprint density at radius 2 is 1.45 bits per heavy atom. The summed E-state index contributed by atoms with van der Waals surface area (Å²) in [5, 5.41) is 52.8. The highest BCUT2D eigenvalue weighted by Gasteiger charge is 2.50. The lowest BCUT2D eigenvalue weighted by Crippen LogP contribution is -2.55. The van der Waals surface area contributed by atoms with Gasteiger partial charge >= 0.3 is 18.3 Å². The van der Waals surface area contributed by atoms with Crippen LogP contribution in [0.2, 0.25) is 0 Å². The van der Waals surface area contributed by atoms with Crippen LogP contribution in [0.3, 0.4) is 0 Å². The number of aliphatic hydroxyl groups is 4. The lowest BCUT2D eigenvalue weighted by atomic mass is 10.0. The molecule has 11 heteroatoms. The van der Waals surface area contributed by atoms with E-state index in [2.05, 4.69) is 9.47 Å². The third-order valence-electron chi connectivity index (χ3n) is 2.03. The minimum Gasteiger partial charge on any atom is -0.450 e. The summed E-state index contributed by atoms with van der Waals surface area (Å²) in [7, 11) is 0. The molecule has 0 amide bonds. The van der Waals surface area contributed by atoms with E-state index in [9.17, 15) is 24.6 Å². The molecule has 0 aromatic rings. The molecule has 0 aromatic heterocycles. The number of carboxylic acid groups (broad SMARTS) is 2. The highest BCUT2D eigenvalue weighted by molar-refractivity contribution is 5.91. The van der Waals surface area contributed by atoms with E-state index in [4.69, 9.17) is 20.4 Å². The summed E-state index contributed by atoms with van der Waals surface area (Å²) in [6, 6.07) is 0. The molecule has 116 valence electrons. The number of hydrogen-bond donors (Lipinski definition) is 6. The predicted octanol–water partition coefficient (Wildman–Crippen LogP) is -1.57. The van der Waals surface area contributed by atoms with Gasteiger partial charge in [-0.2, -0.15) is 0 Å². The molecule has 0 bridgehead atoms. The summed E-state index contributed by atoms with van der Waals surface area (Å²) in [6.45, 7) is -0.269.